The molecule has 1 aliphatic carbocycles. The smallest absolute Gasteiger partial charge is 0.252 e. The highest BCUT2D eigenvalue weighted by molar-refractivity contribution is 5.95. The first-order valence-electron chi connectivity index (χ1n) is 6.18. The van der Waals surface area contributed by atoms with Crippen LogP contribution in [0.25, 0.3) is 0 Å². The molecule has 0 unspecified atom stereocenters. The summed E-state index contributed by atoms with van der Waals surface area (Å²) in [5.74, 6) is -0.127. The fourth-order valence-electron chi connectivity index (χ4n) is 2.32. The Hall–Kier alpha value is -2.02. The molecule has 1 saturated carbocycles. The minimum atomic E-state index is -0.715. The van der Waals surface area contributed by atoms with Gasteiger partial charge in [0.2, 0.25) is 0 Å². The number of nitriles is 1. The summed E-state index contributed by atoms with van der Waals surface area (Å²) < 4.78 is 0. The predicted molar refractivity (Wildman–Crippen MR) is 67.0 cm³/mol. The number of rotatable bonds is 2. The normalized spacial score (nSPS) is 17.7. The van der Waals surface area contributed by atoms with Gasteiger partial charge in [0.05, 0.1) is 6.07 Å². The molecule has 4 nitrogen and oxygen atoms in total. The molecule has 0 atom stereocenters. The van der Waals surface area contributed by atoms with Crippen LogP contribution >= 0.6 is 0 Å². The molecule has 1 aromatic carbocycles. The fourth-order valence-corrected chi connectivity index (χ4v) is 2.32. The highest BCUT2D eigenvalue weighted by Gasteiger charge is 2.33. The monoisotopic (exact) mass is 244 g/mol. The molecule has 1 fully saturated rings. The molecule has 1 amide bonds. The Morgan fingerprint density at radius 3 is 2.39 bits per heavy atom. The van der Waals surface area contributed by atoms with Gasteiger partial charge >= 0.3 is 0 Å². The van der Waals surface area contributed by atoms with Crippen LogP contribution in [-0.4, -0.2) is 16.6 Å². The van der Waals surface area contributed by atoms with Crippen molar-refractivity contribution in [1.82, 2.24) is 5.32 Å². The van der Waals surface area contributed by atoms with Crippen molar-refractivity contribution in [3.8, 4) is 11.8 Å². The Labute approximate surface area is 106 Å². The summed E-state index contributed by atoms with van der Waals surface area (Å²) in [6.45, 7) is 0. The van der Waals surface area contributed by atoms with E-state index in [2.05, 4.69) is 11.4 Å². The van der Waals surface area contributed by atoms with E-state index in [-0.39, 0.29) is 11.7 Å². The Morgan fingerprint density at radius 2 is 1.83 bits per heavy atom. The van der Waals surface area contributed by atoms with Crippen LogP contribution in [0, 0.1) is 11.3 Å². The van der Waals surface area contributed by atoms with Crippen LogP contribution in [0.1, 0.15) is 42.5 Å². The largest absolute Gasteiger partial charge is 0.508 e. The van der Waals surface area contributed by atoms with Crippen molar-refractivity contribution in [2.24, 2.45) is 0 Å². The number of carbonyl (C=O) groups excluding carboxylic acids is 1. The number of nitrogens with one attached hydrogen (secondary N) is 1. The first-order chi connectivity index (χ1) is 8.65. The summed E-state index contributed by atoms with van der Waals surface area (Å²) in [4.78, 5) is 12.0. The van der Waals surface area contributed by atoms with Gasteiger partial charge in [0.15, 0.2) is 0 Å². The first kappa shape index (κ1) is 12.4. The number of hydrogen-bond acceptors (Lipinski definition) is 3. The molecular formula is C14H16N2O2. The van der Waals surface area contributed by atoms with E-state index in [1.165, 1.54) is 12.1 Å². The van der Waals surface area contributed by atoms with Gasteiger partial charge in [-0.1, -0.05) is 19.3 Å². The summed E-state index contributed by atoms with van der Waals surface area (Å²) in [6.07, 6.45) is 4.51. The molecule has 2 N–H and O–H groups in total. The lowest BCUT2D eigenvalue weighted by Gasteiger charge is -2.31. The lowest BCUT2D eigenvalue weighted by atomic mass is 9.82. The number of aromatic hydroxyl groups is 1. The molecule has 0 bridgehead atoms. The van der Waals surface area contributed by atoms with Crippen LogP contribution in [0.5, 0.6) is 5.75 Å². The standard InChI is InChI=1S/C14H16N2O2/c15-10-14(8-2-1-3-9-14)16-13(18)11-4-6-12(17)7-5-11/h4-7,17H,1-3,8-9H2,(H,16,18). The van der Waals surface area contributed by atoms with Crippen molar-refractivity contribution in [2.75, 3.05) is 0 Å². The van der Waals surface area contributed by atoms with Crippen LogP contribution in [0.15, 0.2) is 24.3 Å². The minimum absolute atomic E-state index is 0.124. The van der Waals surface area contributed by atoms with E-state index in [1.54, 1.807) is 12.1 Å². The van der Waals surface area contributed by atoms with Crippen LogP contribution in [-0.2, 0) is 0 Å². The second-order valence-electron chi connectivity index (χ2n) is 4.76. The minimum Gasteiger partial charge on any atom is -0.508 e. The summed E-state index contributed by atoms with van der Waals surface area (Å²) in [5.41, 5.74) is -0.249. The summed E-state index contributed by atoms with van der Waals surface area (Å²) >= 11 is 0. The predicted octanol–water partition coefficient (Wildman–Crippen LogP) is 2.35. The van der Waals surface area contributed by atoms with E-state index in [9.17, 15) is 15.2 Å². The van der Waals surface area contributed by atoms with E-state index >= 15 is 0 Å². The summed E-state index contributed by atoms with van der Waals surface area (Å²) in [6, 6.07) is 8.29. The molecule has 0 spiro atoms. The second-order valence-corrected chi connectivity index (χ2v) is 4.76. The van der Waals surface area contributed by atoms with Gasteiger partial charge in [-0.15, -0.1) is 0 Å². The van der Waals surface area contributed by atoms with Gasteiger partial charge in [0.1, 0.15) is 11.3 Å². The van der Waals surface area contributed by atoms with Gasteiger partial charge in [-0.3, -0.25) is 4.79 Å². The van der Waals surface area contributed by atoms with E-state index in [1.807, 2.05) is 0 Å². The van der Waals surface area contributed by atoms with E-state index < -0.39 is 5.54 Å². The van der Waals surface area contributed by atoms with Gasteiger partial charge < -0.3 is 10.4 Å². The van der Waals surface area contributed by atoms with E-state index in [4.69, 9.17) is 0 Å². The van der Waals surface area contributed by atoms with Crippen molar-refractivity contribution in [1.29, 1.82) is 5.26 Å². The zero-order valence-corrected chi connectivity index (χ0v) is 10.1. The molecule has 0 radical (unpaired) electrons. The summed E-state index contributed by atoms with van der Waals surface area (Å²) in [5, 5.41) is 21.3. The number of nitrogens with zero attached hydrogens (tertiary/aromatic N) is 1. The van der Waals surface area contributed by atoms with Crippen LogP contribution in [0.3, 0.4) is 0 Å². The molecule has 1 aromatic rings. The number of phenols is 1. The molecule has 18 heavy (non-hydrogen) atoms. The van der Waals surface area contributed by atoms with Gasteiger partial charge in [-0.2, -0.15) is 5.26 Å². The number of benzene rings is 1. The molecule has 0 saturated heterocycles. The number of carbonyl (C=O) groups is 1. The van der Waals surface area contributed by atoms with Crippen molar-refractivity contribution >= 4 is 5.91 Å². The molecule has 0 aromatic heterocycles. The molecule has 1 aliphatic rings. The average molecular weight is 244 g/mol. The number of amides is 1. The first-order valence-corrected chi connectivity index (χ1v) is 6.18. The summed E-state index contributed by atoms with van der Waals surface area (Å²) in [7, 11) is 0. The third kappa shape index (κ3) is 2.62. The fraction of sp³-hybridized carbons (Fsp3) is 0.429. The van der Waals surface area contributed by atoms with E-state index in [0.29, 0.717) is 18.4 Å². The SMILES string of the molecule is N#CC1(NC(=O)c2ccc(O)cc2)CCCCC1. The topological polar surface area (TPSA) is 73.1 Å². The van der Waals surface area contributed by atoms with Crippen molar-refractivity contribution in [3.63, 3.8) is 0 Å². The van der Waals surface area contributed by atoms with Gasteiger partial charge in [-0.05, 0) is 37.1 Å². The lowest BCUT2D eigenvalue weighted by molar-refractivity contribution is 0.0902. The quantitative estimate of drug-likeness (QED) is 0.838. The molecule has 4 heteroatoms. The zero-order valence-electron chi connectivity index (χ0n) is 10.1. The maximum Gasteiger partial charge on any atom is 0.252 e. The van der Waals surface area contributed by atoms with Crippen molar-refractivity contribution in [3.05, 3.63) is 29.8 Å². The van der Waals surface area contributed by atoms with Crippen LogP contribution in [0.2, 0.25) is 0 Å². The van der Waals surface area contributed by atoms with Gasteiger partial charge in [-0.25, -0.2) is 0 Å². The van der Waals surface area contributed by atoms with Crippen LogP contribution in [0.4, 0.5) is 0 Å². The third-order valence-corrected chi connectivity index (χ3v) is 3.40. The number of phenolic OH excluding ortho intramolecular Hbond substituents is 1. The van der Waals surface area contributed by atoms with Gasteiger partial charge in [0.25, 0.3) is 5.91 Å². The Morgan fingerprint density at radius 1 is 1.22 bits per heavy atom. The maximum absolute atomic E-state index is 12.0. The highest BCUT2D eigenvalue weighted by atomic mass is 16.3. The maximum atomic E-state index is 12.0. The zero-order chi connectivity index (χ0) is 13.0. The molecule has 0 heterocycles. The molecule has 2 rings (SSSR count). The van der Waals surface area contributed by atoms with Gasteiger partial charge in [0, 0.05) is 5.56 Å². The Bertz CT molecular complexity index is 468. The Balaban J connectivity index is 2.10. The van der Waals surface area contributed by atoms with E-state index in [0.717, 1.165) is 19.3 Å². The third-order valence-electron chi connectivity index (χ3n) is 3.40. The molecular weight excluding hydrogens is 228 g/mol. The van der Waals surface area contributed by atoms with Crippen LogP contribution < -0.4 is 5.32 Å². The second kappa shape index (κ2) is 5.09. The highest BCUT2D eigenvalue weighted by Crippen LogP contribution is 2.27. The lowest BCUT2D eigenvalue weighted by Crippen LogP contribution is -2.48. The van der Waals surface area contributed by atoms with Crippen molar-refractivity contribution in [2.45, 2.75) is 37.6 Å². The van der Waals surface area contributed by atoms with Crippen molar-refractivity contribution < 1.29 is 9.90 Å². The molecule has 94 valence electrons. The average Bonchev–Trinajstić information content (AvgIpc) is 2.40. The Kier molecular flexibility index (Phi) is 3.52. The number of hydrogen-bond donors (Lipinski definition) is 2. The molecule has 0 aliphatic heterocycles.